The van der Waals surface area contributed by atoms with Crippen LogP contribution in [0.2, 0.25) is 0 Å². The third-order valence-electron chi connectivity index (χ3n) is 3.21. The largest absolute Gasteiger partial charge is 0.336 e. The van der Waals surface area contributed by atoms with Crippen LogP contribution in [-0.4, -0.2) is 41.5 Å². The van der Waals surface area contributed by atoms with Crippen molar-refractivity contribution in [2.75, 3.05) is 19.6 Å². The molecule has 1 N–H and O–H groups in total. The predicted octanol–water partition coefficient (Wildman–Crippen LogP) is 1.54. The highest BCUT2D eigenvalue weighted by atomic mass is 16.2. The third-order valence-corrected chi connectivity index (χ3v) is 3.21. The maximum absolute atomic E-state index is 12.3. The summed E-state index contributed by atoms with van der Waals surface area (Å²) in [5, 5.41) is 3.48. The van der Waals surface area contributed by atoms with Gasteiger partial charge in [0.15, 0.2) is 0 Å². The molecule has 2 rings (SSSR count). The van der Waals surface area contributed by atoms with Gasteiger partial charge in [-0.15, -0.1) is 0 Å². The molecule has 4 nitrogen and oxygen atoms in total. The molecule has 18 heavy (non-hydrogen) atoms. The van der Waals surface area contributed by atoms with Gasteiger partial charge in [-0.3, -0.25) is 9.78 Å². The van der Waals surface area contributed by atoms with Gasteiger partial charge in [-0.25, -0.2) is 0 Å². The average molecular weight is 247 g/mol. The Balaban J connectivity index is 1.98. The molecule has 1 atom stereocenters. The number of amides is 1. The van der Waals surface area contributed by atoms with Gasteiger partial charge in [-0.05, 0) is 24.5 Å². The predicted molar refractivity (Wildman–Crippen MR) is 71.4 cm³/mol. The summed E-state index contributed by atoms with van der Waals surface area (Å²) in [5.74, 6) is 0.745. The van der Waals surface area contributed by atoms with E-state index < -0.39 is 0 Å². The molecule has 0 spiro atoms. The normalized spacial score (nSPS) is 20.2. The molecule has 1 aromatic rings. The Morgan fingerprint density at radius 3 is 3.11 bits per heavy atom. The summed E-state index contributed by atoms with van der Waals surface area (Å²) in [6.45, 7) is 6.88. The van der Waals surface area contributed by atoms with E-state index in [4.69, 9.17) is 0 Å². The van der Waals surface area contributed by atoms with Crippen LogP contribution in [0.3, 0.4) is 0 Å². The molecule has 0 aliphatic carbocycles. The first-order valence-electron chi connectivity index (χ1n) is 6.59. The Labute approximate surface area is 108 Å². The first kappa shape index (κ1) is 13.0. The van der Waals surface area contributed by atoms with Crippen molar-refractivity contribution >= 4 is 5.91 Å². The molecule has 1 aromatic heterocycles. The van der Waals surface area contributed by atoms with Gasteiger partial charge in [0.25, 0.3) is 5.91 Å². The molecule has 0 bridgehead atoms. The van der Waals surface area contributed by atoms with Gasteiger partial charge in [-0.1, -0.05) is 13.8 Å². The fraction of sp³-hybridized carbons (Fsp3) is 0.571. The quantitative estimate of drug-likeness (QED) is 0.881. The Bertz CT molecular complexity index is 391. The summed E-state index contributed by atoms with van der Waals surface area (Å²) in [6.07, 6.45) is 4.44. The number of aromatic nitrogens is 1. The average Bonchev–Trinajstić information content (AvgIpc) is 2.38. The van der Waals surface area contributed by atoms with Gasteiger partial charge < -0.3 is 10.2 Å². The number of carbonyl (C=O) groups is 1. The second-order valence-electron chi connectivity index (χ2n) is 5.27. The van der Waals surface area contributed by atoms with Gasteiger partial charge in [0.05, 0.1) is 5.56 Å². The molecule has 1 unspecified atom stereocenters. The third kappa shape index (κ3) is 3.29. The van der Waals surface area contributed by atoms with Gasteiger partial charge in [-0.2, -0.15) is 0 Å². The smallest absolute Gasteiger partial charge is 0.255 e. The lowest BCUT2D eigenvalue weighted by Gasteiger charge is -2.34. The minimum Gasteiger partial charge on any atom is -0.336 e. The van der Waals surface area contributed by atoms with Crippen molar-refractivity contribution in [2.24, 2.45) is 5.92 Å². The number of rotatable bonds is 3. The van der Waals surface area contributed by atoms with Crippen LogP contribution < -0.4 is 5.32 Å². The number of pyridine rings is 1. The van der Waals surface area contributed by atoms with E-state index in [1.54, 1.807) is 18.5 Å². The maximum atomic E-state index is 12.3. The SMILES string of the molecule is CC(C)CC1CN(C(=O)c2cccnc2)CCN1. The number of carbonyl (C=O) groups excluding carboxylic acids is 1. The van der Waals surface area contributed by atoms with Crippen molar-refractivity contribution in [1.82, 2.24) is 15.2 Å². The second-order valence-corrected chi connectivity index (χ2v) is 5.27. The Morgan fingerprint density at radius 1 is 1.61 bits per heavy atom. The molecule has 0 aromatic carbocycles. The first-order valence-corrected chi connectivity index (χ1v) is 6.59. The summed E-state index contributed by atoms with van der Waals surface area (Å²) in [7, 11) is 0. The second kappa shape index (κ2) is 5.96. The van der Waals surface area contributed by atoms with E-state index in [0.717, 1.165) is 26.1 Å². The number of hydrogen-bond acceptors (Lipinski definition) is 3. The maximum Gasteiger partial charge on any atom is 0.255 e. The highest BCUT2D eigenvalue weighted by molar-refractivity contribution is 5.93. The Kier molecular flexibility index (Phi) is 4.31. The molecule has 0 saturated carbocycles. The topological polar surface area (TPSA) is 45.2 Å². The van der Waals surface area contributed by atoms with Crippen LogP contribution in [0.25, 0.3) is 0 Å². The molecule has 1 fully saturated rings. The van der Waals surface area contributed by atoms with Crippen molar-refractivity contribution in [3.05, 3.63) is 30.1 Å². The summed E-state index contributed by atoms with van der Waals surface area (Å²) in [6, 6.07) is 4.05. The zero-order valence-electron chi connectivity index (χ0n) is 11.1. The lowest BCUT2D eigenvalue weighted by atomic mass is 10.0. The van der Waals surface area contributed by atoms with E-state index in [1.807, 2.05) is 11.0 Å². The zero-order valence-corrected chi connectivity index (χ0v) is 11.1. The minimum atomic E-state index is 0.0957. The van der Waals surface area contributed by atoms with Crippen molar-refractivity contribution in [2.45, 2.75) is 26.3 Å². The number of hydrogen-bond donors (Lipinski definition) is 1. The van der Waals surface area contributed by atoms with E-state index in [-0.39, 0.29) is 5.91 Å². The summed E-state index contributed by atoms with van der Waals surface area (Å²) >= 11 is 0. The van der Waals surface area contributed by atoms with Crippen LogP contribution in [0.1, 0.15) is 30.6 Å². The molecule has 1 saturated heterocycles. The van der Waals surface area contributed by atoms with Crippen molar-refractivity contribution in [3.8, 4) is 0 Å². The van der Waals surface area contributed by atoms with E-state index in [1.165, 1.54) is 0 Å². The minimum absolute atomic E-state index is 0.0957. The fourth-order valence-corrected chi connectivity index (χ4v) is 2.41. The lowest BCUT2D eigenvalue weighted by Crippen LogP contribution is -2.53. The van der Waals surface area contributed by atoms with Gasteiger partial charge in [0.2, 0.25) is 0 Å². The summed E-state index contributed by atoms with van der Waals surface area (Å²) in [5.41, 5.74) is 0.683. The molecule has 1 amide bonds. The number of piperazine rings is 1. The molecule has 1 aliphatic heterocycles. The zero-order chi connectivity index (χ0) is 13.0. The Morgan fingerprint density at radius 2 is 2.44 bits per heavy atom. The highest BCUT2D eigenvalue weighted by Gasteiger charge is 2.24. The van der Waals surface area contributed by atoms with E-state index in [9.17, 15) is 4.79 Å². The molecule has 98 valence electrons. The van der Waals surface area contributed by atoms with Crippen molar-refractivity contribution < 1.29 is 4.79 Å². The van der Waals surface area contributed by atoms with Crippen LogP contribution in [0.15, 0.2) is 24.5 Å². The molecule has 0 radical (unpaired) electrons. The van der Waals surface area contributed by atoms with Crippen molar-refractivity contribution in [3.63, 3.8) is 0 Å². The van der Waals surface area contributed by atoms with Gasteiger partial charge in [0.1, 0.15) is 0 Å². The van der Waals surface area contributed by atoms with Crippen LogP contribution in [-0.2, 0) is 0 Å². The van der Waals surface area contributed by atoms with Crippen LogP contribution in [0.5, 0.6) is 0 Å². The van der Waals surface area contributed by atoms with E-state index in [0.29, 0.717) is 17.5 Å². The van der Waals surface area contributed by atoms with E-state index in [2.05, 4.69) is 24.1 Å². The van der Waals surface area contributed by atoms with Crippen LogP contribution in [0, 0.1) is 5.92 Å². The molecule has 2 heterocycles. The molecule has 4 heteroatoms. The summed E-state index contributed by atoms with van der Waals surface area (Å²) < 4.78 is 0. The molecular weight excluding hydrogens is 226 g/mol. The number of nitrogens with one attached hydrogen (secondary N) is 1. The Hall–Kier alpha value is -1.42. The van der Waals surface area contributed by atoms with Crippen LogP contribution >= 0.6 is 0 Å². The molecular formula is C14H21N3O. The van der Waals surface area contributed by atoms with Gasteiger partial charge >= 0.3 is 0 Å². The van der Waals surface area contributed by atoms with Crippen molar-refractivity contribution in [1.29, 1.82) is 0 Å². The monoisotopic (exact) mass is 247 g/mol. The van der Waals surface area contributed by atoms with E-state index >= 15 is 0 Å². The highest BCUT2D eigenvalue weighted by Crippen LogP contribution is 2.12. The van der Waals surface area contributed by atoms with Crippen LogP contribution in [0.4, 0.5) is 0 Å². The fourth-order valence-electron chi connectivity index (χ4n) is 2.41. The van der Waals surface area contributed by atoms with Gasteiger partial charge in [0, 0.05) is 38.1 Å². The lowest BCUT2D eigenvalue weighted by molar-refractivity contribution is 0.0694. The standard InChI is InChI=1S/C14H21N3O/c1-11(2)8-13-10-17(7-6-16-13)14(18)12-4-3-5-15-9-12/h3-5,9,11,13,16H,6-8,10H2,1-2H3. The molecule has 1 aliphatic rings. The summed E-state index contributed by atoms with van der Waals surface area (Å²) in [4.78, 5) is 18.2. The number of nitrogens with zero attached hydrogens (tertiary/aromatic N) is 2. The first-order chi connectivity index (χ1) is 8.66.